The molecule has 0 aromatic carbocycles. The maximum absolute atomic E-state index is 12.5. The van der Waals surface area contributed by atoms with Crippen molar-refractivity contribution in [2.75, 3.05) is 32.0 Å². The SMILES string of the molecule is CNCC1CCCN(C(=O)Cc2csc(NC(=O)C(C)(C)C)n2)C1.Cl.Cl. The number of nitrogens with zero attached hydrogens (tertiary/aromatic N) is 2. The van der Waals surface area contributed by atoms with Gasteiger partial charge in [-0.2, -0.15) is 0 Å². The zero-order valence-corrected chi connectivity index (χ0v) is 18.3. The zero-order chi connectivity index (χ0) is 17.7. The number of rotatable bonds is 5. The van der Waals surface area contributed by atoms with Crippen LogP contribution in [0.25, 0.3) is 0 Å². The molecule has 1 aromatic rings. The van der Waals surface area contributed by atoms with Crippen LogP contribution in [0, 0.1) is 11.3 Å². The van der Waals surface area contributed by atoms with E-state index in [-0.39, 0.29) is 36.6 Å². The smallest absolute Gasteiger partial charge is 0.231 e. The van der Waals surface area contributed by atoms with Crippen LogP contribution in [0.4, 0.5) is 5.13 Å². The fourth-order valence-electron chi connectivity index (χ4n) is 2.74. The van der Waals surface area contributed by atoms with Gasteiger partial charge in [0, 0.05) is 23.9 Å². The van der Waals surface area contributed by atoms with Gasteiger partial charge in [0.2, 0.25) is 11.8 Å². The molecule has 1 fully saturated rings. The van der Waals surface area contributed by atoms with Crippen LogP contribution in [0.5, 0.6) is 0 Å². The number of hydrogen-bond donors (Lipinski definition) is 2. The van der Waals surface area contributed by atoms with Gasteiger partial charge in [-0.1, -0.05) is 20.8 Å². The van der Waals surface area contributed by atoms with Crippen LogP contribution < -0.4 is 10.6 Å². The normalized spacial score (nSPS) is 17.1. The van der Waals surface area contributed by atoms with E-state index < -0.39 is 5.41 Å². The zero-order valence-electron chi connectivity index (χ0n) is 15.8. The summed E-state index contributed by atoms with van der Waals surface area (Å²) in [4.78, 5) is 30.8. The summed E-state index contributed by atoms with van der Waals surface area (Å²) in [6.45, 7) is 8.17. The molecular weight excluding hydrogens is 395 g/mol. The summed E-state index contributed by atoms with van der Waals surface area (Å²) in [6, 6.07) is 0. The van der Waals surface area contributed by atoms with Gasteiger partial charge in [0.05, 0.1) is 12.1 Å². The van der Waals surface area contributed by atoms with Crippen molar-refractivity contribution < 1.29 is 9.59 Å². The van der Waals surface area contributed by atoms with Crippen molar-refractivity contribution >= 4 is 53.1 Å². The first kappa shape index (κ1) is 25.1. The molecule has 1 aliphatic heterocycles. The number of nitrogens with one attached hydrogen (secondary N) is 2. The largest absolute Gasteiger partial charge is 0.342 e. The number of hydrogen-bond acceptors (Lipinski definition) is 5. The van der Waals surface area contributed by atoms with E-state index in [2.05, 4.69) is 15.6 Å². The highest BCUT2D eigenvalue weighted by atomic mass is 35.5. The Bertz CT molecular complexity index is 588. The van der Waals surface area contributed by atoms with Crippen molar-refractivity contribution in [3.63, 3.8) is 0 Å². The predicted molar refractivity (Wildman–Crippen MR) is 112 cm³/mol. The van der Waals surface area contributed by atoms with Crippen LogP contribution in [0.15, 0.2) is 5.38 Å². The summed E-state index contributed by atoms with van der Waals surface area (Å²) >= 11 is 1.37. The average Bonchev–Trinajstić information content (AvgIpc) is 2.94. The van der Waals surface area contributed by atoms with Crippen molar-refractivity contribution in [1.82, 2.24) is 15.2 Å². The molecule has 6 nitrogen and oxygen atoms in total. The molecule has 1 unspecified atom stereocenters. The minimum Gasteiger partial charge on any atom is -0.342 e. The maximum atomic E-state index is 12.5. The second kappa shape index (κ2) is 11.1. The van der Waals surface area contributed by atoms with E-state index in [4.69, 9.17) is 0 Å². The minimum atomic E-state index is -0.461. The molecule has 0 spiro atoms. The number of halogens is 2. The van der Waals surface area contributed by atoms with Crippen molar-refractivity contribution in [2.24, 2.45) is 11.3 Å². The molecular formula is C17H30Cl2N4O2S. The number of likely N-dealkylation sites (tertiary alicyclic amines) is 1. The first-order chi connectivity index (χ1) is 11.3. The Balaban J connectivity index is 0.00000312. The van der Waals surface area contributed by atoms with Crippen LogP contribution in [0.2, 0.25) is 0 Å². The molecule has 0 aliphatic carbocycles. The minimum absolute atomic E-state index is 0. The van der Waals surface area contributed by atoms with Gasteiger partial charge in [-0.25, -0.2) is 4.98 Å². The molecule has 2 rings (SSSR count). The van der Waals surface area contributed by atoms with Crippen LogP contribution in [0.3, 0.4) is 0 Å². The Morgan fingerprint density at radius 1 is 1.35 bits per heavy atom. The maximum Gasteiger partial charge on any atom is 0.231 e. The molecule has 1 aliphatic rings. The van der Waals surface area contributed by atoms with Gasteiger partial charge in [0.15, 0.2) is 5.13 Å². The average molecular weight is 425 g/mol. The number of carbonyl (C=O) groups excluding carboxylic acids is 2. The molecule has 150 valence electrons. The lowest BCUT2D eigenvalue weighted by Crippen LogP contribution is -2.43. The number of aromatic nitrogens is 1. The number of carbonyl (C=O) groups is 2. The Morgan fingerprint density at radius 2 is 2.04 bits per heavy atom. The van der Waals surface area contributed by atoms with Gasteiger partial charge < -0.3 is 15.5 Å². The summed E-state index contributed by atoms with van der Waals surface area (Å²) in [5.74, 6) is 0.584. The Labute approximate surface area is 172 Å². The molecule has 9 heteroatoms. The van der Waals surface area contributed by atoms with E-state index in [1.807, 2.05) is 38.1 Å². The molecule has 0 saturated carbocycles. The van der Waals surface area contributed by atoms with E-state index in [1.165, 1.54) is 17.8 Å². The van der Waals surface area contributed by atoms with E-state index in [0.29, 0.717) is 17.5 Å². The van der Waals surface area contributed by atoms with E-state index in [1.54, 1.807) is 0 Å². The molecule has 2 heterocycles. The lowest BCUT2D eigenvalue weighted by atomic mass is 9.96. The van der Waals surface area contributed by atoms with Crippen molar-refractivity contribution in [2.45, 2.75) is 40.0 Å². The Kier molecular flexibility index (Phi) is 10.7. The van der Waals surface area contributed by atoms with Crippen molar-refractivity contribution in [3.05, 3.63) is 11.1 Å². The third-order valence-corrected chi connectivity index (χ3v) is 4.96. The standard InChI is InChI=1S/C17H28N4O2S.2ClH/c1-17(2,3)15(23)20-16-19-13(11-24-16)8-14(22)21-7-5-6-12(10-21)9-18-4;;/h11-12,18H,5-10H2,1-4H3,(H,19,20,23);2*1H. The van der Waals surface area contributed by atoms with E-state index in [0.717, 1.165) is 31.7 Å². The quantitative estimate of drug-likeness (QED) is 0.761. The van der Waals surface area contributed by atoms with Crippen LogP contribution >= 0.6 is 36.2 Å². The molecule has 0 radical (unpaired) electrons. The summed E-state index contributed by atoms with van der Waals surface area (Å²) in [5.41, 5.74) is 0.266. The molecule has 1 atom stereocenters. The molecule has 0 bridgehead atoms. The summed E-state index contributed by atoms with van der Waals surface area (Å²) in [5, 5.41) is 8.42. The molecule has 2 amide bonds. The van der Waals surface area contributed by atoms with Gasteiger partial charge in [-0.3, -0.25) is 9.59 Å². The van der Waals surface area contributed by atoms with Gasteiger partial charge in [0.1, 0.15) is 0 Å². The fraction of sp³-hybridized carbons (Fsp3) is 0.706. The Hall–Kier alpha value is -0.890. The highest BCUT2D eigenvalue weighted by Crippen LogP contribution is 2.22. The number of thiazole rings is 1. The number of anilines is 1. The lowest BCUT2D eigenvalue weighted by Gasteiger charge is -2.32. The van der Waals surface area contributed by atoms with Gasteiger partial charge in [-0.15, -0.1) is 36.2 Å². The summed E-state index contributed by atoms with van der Waals surface area (Å²) in [6.07, 6.45) is 2.53. The van der Waals surface area contributed by atoms with Crippen LogP contribution in [-0.2, 0) is 16.0 Å². The third-order valence-electron chi connectivity index (χ3n) is 4.15. The molecule has 1 aromatic heterocycles. The van der Waals surface area contributed by atoms with Gasteiger partial charge in [-0.05, 0) is 32.4 Å². The highest BCUT2D eigenvalue weighted by Gasteiger charge is 2.25. The fourth-order valence-corrected chi connectivity index (χ4v) is 3.45. The summed E-state index contributed by atoms with van der Waals surface area (Å²) in [7, 11) is 1.95. The third kappa shape index (κ3) is 7.39. The number of amides is 2. The monoisotopic (exact) mass is 424 g/mol. The lowest BCUT2D eigenvalue weighted by molar-refractivity contribution is -0.132. The molecule has 26 heavy (non-hydrogen) atoms. The van der Waals surface area contributed by atoms with Gasteiger partial charge in [0.25, 0.3) is 0 Å². The number of piperidine rings is 1. The van der Waals surface area contributed by atoms with Crippen molar-refractivity contribution in [3.8, 4) is 0 Å². The highest BCUT2D eigenvalue weighted by molar-refractivity contribution is 7.13. The van der Waals surface area contributed by atoms with Gasteiger partial charge >= 0.3 is 0 Å². The van der Waals surface area contributed by atoms with E-state index in [9.17, 15) is 9.59 Å². The second-order valence-electron chi connectivity index (χ2n) is 7.43. The topological polar surface area (TPSA) is 74.3 Å². The van der Waals surface area contributed by atoms with Crippen LogP contribution in [-0.4, -0.2) is 48.4 Å². The summed E-state index contributed by atoms with van der Waals surface area (Å²) < 4.78 is 0. The predicted octanol–water partition coefficient (Wildman–Crippen LogP) is 2.97. The Morgan fingerprint density at radius 3 is 2.65 bits per heavy atom. The molecule has 1 saturated heterocycles. The second-order valence-corrected chi connectivity index (χ2v) is 8.29. The molecule has 2 N–H and O–H groups in total. The first-order valence-electron chi connectivity index (χ1n) is 8.48. The van der Waals surface area contributed by atoms with Crippen molar-refractivity contribution in [1.29, 1.82) is 0 Å². The first-order valence-corrected chi connectivity index (χ1v) is 9.36. The van der Waals surface area contributed by atoms with E-state index >= 15 is 0 Å². The van der Waals surface area contributed by atoms with Crippen LogP contribution in [0.1, 0.15) is 39.3 Å².